The van der Waals surface area contributed by atoms with Crippen molar-refractivity contribution in [2.75, 3.05) is 19.5 Å². The SMILES string of the molecule is COC1CCC(n2nc(OCC(F)Cn3cc(Cl)c4cnc(Cl)nc43)c(N)c2C)CC1. The number of nitrogens with zero attached hydrogens (tertiary/aromatic N) is 5. The summed E-state index contributed by atoms with van der Waals surface area (Å²) in [5.74, 6) is 0.259. The van der Waals surface area contributed by atoms with E-state index in [9.17, 15) is 4.39 Å². The highest BCUT2D eigenvalue weighted by atomic mass is 35.5. The summed E-state index contributed by atoms with van der Waals surface area (Å²) in [5, 5.41) is 5.64. The summed E-state index contributed by atoms with van der Waals surface area (Å²) in [6.45, 7) is 1.70. The number of nitrogen functional groups attached to an aromatic ring is 1. The summed E-state index contributed by atoms with van der Waals surface area (Å²) >= 11 is 12.0. The predicted molar refractivity (Wildman–Crippen MR) is 118 cm³/mol. The van der Waals surface area contributed by atoms with Gasteiger partial charge in [0.2, 0.25) is 5.28 Å². The zero-order chi connectivity index (χ0) is 22.1. The van der Waals surface area contributed by atoms with Crippen molar-refractivity contribution in [3.63, 3.8) is 0 Å². The van der Waals surface area contributed by atoms with Crippen molar-refractivity contribution < 1.29 is 13.9 Å². The highest BCUT2D eigenvalue weighted by molar-refractivity contribution is 6.35. The molecule has 11 heteroatoms. The van der Waals surface area contributed by atoms with Gasteiger partial charge in [-0.3, -0.25) is 4.68 Å². The molecule has 1 aliphatic rings. The number of hydrogen-bond acceptors (Lipinski definition) is 6. The number of aromatic nitrogens is 5. The van der Waals surface area contributed by atoms with Crippen LogP contribution in [0.5, 0.6) is 5.88 Å². The quantitative estimate of drug-likeness (QED) is 0.515. The van der Waals surface area contributed by atoms with Gasteiger partial charge in [0.15, 0.2) is 6.17 Å². The van der Waals surface area contributed by atoms with Gasteiger partial charge in [-0.05, 0) is 44.2 Å². The Morgan fingerprint density at radius 2 is 2.03 bits per heavy atom. The molecule has 0 bridgehead atoms. The first kappa shape index (κ1) is 22.1. The van der Waals surface area contributed by atoms with Crippen LogP contribution in [-0.2, 0) is 11.3 Å². The fourth-order valence-corrected chi connectivity index (χ4v) is 4.45. The first-order chi connectivity index (χ1) is 14.9. The zero-order valence-electron chi connectivity index (χ0n) is 17.4. The maximum absolute atomic E-state index is 14.7. The van der Waals surface area contributed by atoms with Crippen LogP contribution in [0.2, 0.25) is 10.3 Å². The van der Waals surface area contributed by atoms with Crippen molar-refractivity contribution in [1.82, 2.24) is 24.3 Å². The molecule has 1 unspecified atom stereocenters. The van der Waals surface area contributed by atoms with Crippen molar-refractivity contribution >= 4 is 39.9 Å². The number of methoxy groups -OCH3 is 1. The number of nitrogens with two attached hydrogens (primary N) is 1. The lowest BCUT2D eigenvalue weighted by Gasteiger charge is -2.28. The second-order valence-corrected chi connectivity index (χ2v) is 8.57. The second-order valence-electron chi connectivity index (χ2n) is 7.83. The van der Waals surface area contributed by atoms with E-state index in [0.29, 0.717) is 27.8 Å². The van der Waals surface area contributed by atoms with Crippen LogP contribution >= 0.6 is 23.2 Å². The predicted octanol–water partition coefficient (Wildman–Crippen LogP) is 4.37. The average Bonchev–Trinajstić information content (AvgIpc) is 3.22. The lowest BCUT2D eigenvalue weighted by Crippen LogP contribution is -2.24. The van der Waals surface area contributed by atoms with Gasteiger partial charge < -0.3 is 19.8 Å². The third-order valence-electron chi connectivity index (χ3n) is 5.82. The average molecular weight is 471 g/mol. The van der Waals surface area contributed by atoms with Crippen LogP contribution in [0.1, 0.15) is 37.4 Å². The fraction of sp³-hybridized carbons (Fsp3) is 0.550. The van der Waals surface area contributed by atoms with Gasteiger partial charge in [-0.15, -0.1) is 5.10 Å². The van der Waals surface area contributed by atoms with Crippen molar-refractivity contribution in [3.8, 4) is 5.88 Å². The molecule has 0 saturated heterocycles. The molecule has 4 rings (SSSR count). The molecule has 1 atom stereocenters. The molecule has 0 aliphatic heterocycles. The van der Waals surface area contributed by atoms with Crippen molar-refractivity contribution in [3.05, 3.63) is 28.4 Å². The summed E-state index contributed by atoms with van der Waals surface area (Å²) in [6.07, 6.45) is 5.95. The number of halogens is 3. The molecular weight excluding hydrogens is 446 g/mol. The molecule has 1 fully saturated rings. The van der Waals surface area contributed by atoms with Crippen LogP contribution in [0.15, 0.2) is 12.4 Å². The van der Waals surface area contributed by atoms with Crippen LogP contribution < -0.4 is 10.5 Å². The first-order valence-corrected chi connectivity index (χ1v) is 10.9. The number of anilines is 1. The van der Waals surface area contributed by atoms with E-state index in [4.69, 9.17) is 38.4 Å². The summed E-state index contributed by atoms with van der Waals surface area (Å²) in [4.78, 5) is 8.05. The maximum atomic E-state index is 14.7. The molecule has 3 heterocycles. The van der Waals surface area contributed by atoms with E-state index < -0.39 is 6.17 Å². The Hall–Kier alpha value is -2.10. The summed E-state index contributed by atoms with van der Waals surface area (Å²) in [7, 11) is 1.74. The molecule has 0 radical (unpaired) electrons. The van der Waals surface area contributed by atoms with Gasteiger partial charge in [-0.25, -0.2) is 9.37 Å². The smallest absolute Gasteiger partial charge is 0.256 e. The van der Waals surface area contributed by atoms with E-state index in [1.807, 2.05) is 11.6 Å². The number of fused-ring (bicyclic) bond motifs is 1. The summed E-state index contributed by atoms with van der Waals surface area (Å²) < 4.78 is 29.3. The van der Waals surface area contributed by atoms with E-state index in [2.05, 4.69) is 15.1 Å². The molecule has 3 aromatic heterocycles. The van der Waals surface area contributed by atoms with E-state index in [1.165, 1.54) is 6.20 Å². The highest BCUT2D eigenvalue weighted by Crippen LogP contribution is 2.34. The van der Waals surface area contributed by atoms with Crippen LogP contribution in [0.3, 0.4) is 0 Å². The Bertz CT molecular complexity index is 1060. The van der Waals surface area contributed by atoms with Crippen LogP contribution in [0, 0.1) is 6.92 Å². The number of hydrogen-bond donors (Lipinski definition) is 1. The number of alkyl halides is 1. The largest absolute Gasteiger partial charge is 0.472 e. The van der Waals surface area contributed by atoms with Crippen LogP contribution in [0.25, 0.3) is 11.0 Å². The monoisotopic (exact) mass is 470 g/mol. The third-order valence-corrected chi connectivity index (χ3v) is 6.30. The molecule has 168 valence electrons. The molecule has 8 nitrogen and oxygen atoms in total. The Kier molecular flexibility index (Phi) is 6.55. The highest BCUT2D eigenvalue weighted by Gasteiger charge is 2.26. The molecule has 3 aromatic rings. The van der Waals surface area contributed by atoms with Crippen molar-refractivity contribution in [2.45, 2.75) is 57.5 Å². The molecule has 0 amide bonds. The first-order valence-electron chi connectivity index (χ1n) is 10.2. The number of rotatable bonds is 7. The Balaban J connectivity index is 1.41. The fourth-order valence-electron chi connectivity index (χ4n) is 4.07. The van der Waals surface area contributed by atoms with Gasteiger partial charge in [0.25, 0.3) is 5.88 Å². The van der Waals surface area contributed by atoms with Crippen molar-refractivity contribution in [2.24, 2.45) is 0 Å². The normalized spacial score (nSPS) is 20.3. The number of ether oxygens (including phenoxy) is 2. The molecule has 2 N–H and O–H groups in total. The van der Waals surface area contributed by atoms with E-state index in [1.54, 1.807) is 17.9 Å². The zero-order valence-corrected chi connectivity index (χ0v) is 18.9. The molecule has 0 aromatic carbocycles. The van der Waals surface area contributed by atoms with Crippen LogP contribution in [0.4, 0.5) is 10.1 Å². The van der Waals surface area contributed by atoms with Gasteiger partial charge >= 0.3 is 0 Å². The van der Waals surface area contributed by atoms with E-state index in [0.717, 1.165) is 31.4 Å². The van der Waals surface area contributed by atoms with Gasteiger partial charge in [-0.1, -0.05) is 11.6 Å². The minimum absolute atomic E-state index is 0.00279. The minimum Gasteiger partial charge on any atom is -0.472 e. The van der Waals surface area contributed by atoms with E-state index >= 15 is 0 Å². The molecule has 1 saturated carbocycles. The standard InChI is InChI=1S/C20H25Cl2FN6O2/c1-11-17(24)19(27-29(11)13-3-5-14(30-2)6-4-13)31-10-12(23)8-28-9-16(21)15-7-25-20(22)26-18(15)28/h7,9,12-14H,3-6,8,10,24H2,1-2H3. The van der Waals surface area contributed by atoms with Gasteiger partial charge in [-0.2, -0.15) is 4.98 Å². The van der Waals surface area contributed by atoms with Gasteiger partial charge in [0, 0.05) is 19.5 Å². The molecule has 31 heavy (non-hydrogen) atoms. The topological polar surface area (TPSA) is 93.0 Å². The molecular formula is C20H25Cl2FN6O2. The lowest BCUT2D eigenvalue weighted by molar-refractivity contribution is 0.0562. The summed E-state index contributed by atoms with van der Waals surface area (Å²) in [6, 6.07) is 0.241. The molecule has 1 aliphatic carbocycles. The Morgan fingerprint density at radius 3 is 2.74 bits per heavy atom. The Morgan fingerprint density at radius 1 is 1.29 bits per heavy atom. The Labute approximate surface area is 189 Å². The maximum Gasteiger partial charge on any atom is 0.256 e. The van der Waals surface area contributed by atoms with Gasteiger partial charge in [0.05, 0.1) is 34.8 Å². The van der Waals surface area contributed by atoms with Gasteiger partial charge in [0.1, 0.15) is 17.9 Å². The third kappa shape index (κ3) is 4.58. The molecule has 0 spiro atoms. The summed E-state index contributed by atoms with van der Waals surface area (Å²) in [5.41, 5.74) is 7.93. The van der Waals surface area contributed by atoms with E-state index in [-0.39, 0.29) is 30.4 Å². The second kappa shape index (κ2) is 9.18. The van der Waals surface area contributed by atoms with Crippen LogP contribution in [-0.4, -0.2) is 50.3 Å². The lowest BCUT2D eigenvalue weighted by atomic mass is 9.93. The minimum atomic E-state index is -1.33. The van der Waals surface area contributed by atoms with Crippen molar-refractivity contribution in [1.29, 1.82) is 0 Å².